The van der Waals surface area contributed by atoms with Crippen molar-refractivity contribution in [3.05, 3.63) is 200 Å². The normalized spacial score (nSPS) is 15.7. The van der Waals surface area contributed by atoms with Crippen molar-refractivity contribution in [1.29, 1.82) is 0 Å². The molecular weight excluding hydrogens is 679 g/mol. The Balaban J connectivity index is 1.11. The van der Waals surface area contributed by atoms with Crippen molar-refractivity contribution in [2.24, 2.45) is 0 Å². The monoisotopic (exact) mass is 713 g/mol. The highest BCUT2D eigenvalue weighted by molar-refractivity contribution is 6.23. The topological polar surface area (TPSA) is 22.8 Å². The van der Waals surface area contributed by atoms with Crippen LogP contribution in [0.25, 0.3) is 99.5 Å². The quantitative estimate of drug-likeness (QED) is 0.167. The minimum absolute atomic E-state index is 0.0763. The summed E-state index contributed by atoms with van der Waals surface area (Å²) in [5, 5.41) is 8.78. The maximum Gasteiger partial charge on any atom is 0.158 e. The third-order valence-electron chi connectivity index (χ3n) is 12.0. The number of hydrogen-bond acceptors (Lipinski definition) is 1. The molecule has 1 aliphatic heterocycles. The Bertz CT molecular complexity index is 3190. The average Bonchev–Trinajstić information content (AvgIpc) is 3.86. The van der Waals surface area contributed by atoms with Gasteiger partial charge in [0.2, 0.25) is 0 Å². The number of benzene rings is 8. The molecule has 2 unspecified atom stereocenters. The van der Waals surface area contributed by atoms with Crippen molar-refractivity contribution >= 4 is 43.2 Å². The van der Waals surface area contributed by atoms with Gasteiger partial charge < -0.3 is 9.13 Å². The Labute approximate surface area is 324 Å². The molecule has 0 fully saturated rings. The third kappa shape index (κ3) is 4.49. The molecular formula is C53H35N3. The second kappa shape index (κ2) is 12.1. The van der Waals surface area contributed by atoms with Crippen LogP contribution < -0.4 is 0 Å². The zero-order valence-electron chi connectivity index (χ0n) is 30.5. The molecule has 3 heteroatoms. The minimum Gasteiger partial charge on any atom is -0.328 e. The Morgan fingerprint density at radius 3 is 1.68 bits per heavy atom. The first kappa shape index (κ1) is 31.2. The highest BCUT2D eigenvalue weighted by Crippen LogP contribution is 2.50. The molecule has 0 radical (unpaired) electrons. The number of rotatable bonds is 4. The van der Waals surface area contributed by atoms with E-state index in [1.54, 1.807) is 0 Å². The standard InChI is InChI=1S/C53H35N3/c1-3-17-35(18-4-1)51-52(36-19-5-2-6-20-36)56-47-29-14-13-28-46(47)55-45-31-30-37(32-38(45)33-48(55)53(56)54-51)49-41-23-9-11-25-43(41)50(44-26-12-10-24-42(44)49)40-27-15-21-34-16-7-8-22-39(34)40/h1-33,46-47H. The molecule has 1 aliphatic carbocycles. The molecule has 8 aromatic carbocycles. The number of fused-ring (bicyclic) bond motifs is 11. The average molecular weight is 714 g/mol. The van der Waals surface area contributed by atoms with E-state index in [1.165, 1.54) is 71.0 Å². The molecule has 262 valence electrons. The predicted octanol–water partition coefficient (Wildman–Crippen LogP) is 13.9. The van der Waals surface area contributed by atoms with Crippen LogP contribution >= 0.6 is 0 Å². The van der Waals surface area contributed by atoms with Gasteiger partial charge in [-0.1, -0.05) is 182 Å². The van der Waals surface area contributed by atoms with Gasteiger partial charge in [-0.15, -0.1) is 0 Å². The zero-order chi connectivity index (χ0) is 36.7. The first-order chi connectivity index (χ1) is 27.8. The second-order valence-electron chi connectivity index (χ2n) is 15.0. The van der Waals surface area contributed by atoms with E-state index < -0.39 is 0 Å². The fraction of sp³-hybridized carbons (Fsp3) is 0.0377. The largest absolute Gasteiger partial charge is 0.328 e. The first-order valence-corrected chi connectivity index (χ1v) is 19.5. The summed E-state index contributed by atoms with van der Waals surface area (Å²) >= 11 is 0. The van der Waals surface area contributed by atoms with E-state index in [9.17, 15) is 0 Å². The Morgan fingerprint density at radius 2 is 0.982 bits per heavy atom. The van der Waals surface area contributed by atoms with Crippen LogP contribution in [0.5, 0.6) is 0 Å². The summed E-state index contributed by atoms with van der Waals surface area (Å²) in [5.41, 5.74) is 11.9. The van der Waals surface area contributed by atoms with E-state index in [0.29, 0.717) is 0 Å². The van der Waals surface area contributed by atoms with Crippen LogP contribution in [-0.2, 0) is 0 Å². The van der Waals surface area contributed by atoms with Crippen molar-refractivity contribution in [1.82, 2.24) is 14.1 Å². The summed E-state index contributed by atoms with van der Waals surface area (Å²) in [6.45, 7) is 0. The second-order valence-corrected chi connectivity index (χ2v) is 15.0. The molecule has 0 N–H and O–H groups in total. The van der Waals surface area contributed by atoms with Gasteiger partial charge in [0.1, 0.15) is 0 Å². The SMILES string of the molecule is C1=CC2C(C=C1)n1c(cc3cc(-c4c5ccccc5c(-c5cccc6ccccc56)c5ccccc45)ccc31)-c1nc(-c3ccccc3)c(-c3ccccc3)n12. The Kier molecular flexibility index (Phi) is 6.75. The van der Waals surface area contributed by atoms with Gasteiger partial charge in [-0.05, 0) is 72.8 Å². The number of hydrogen-bond donors (Lipinski definition) is 0. The molecule has 10 aromatic rings. The van der Waals surface area contributed by atoms with Crippen LogP contribution in [0.1, 0.15) is 12.1 Å². The van der Waals surface area contributed by atoms with Gasteiger partial charge in [0.15, 0.2) is 5.82 Å². The first-order valence-electron chi connectivity index (χ1n) is 19.5. The van der Waals surface area contributed by atoms with Crippen LogP contribution in [-0.4, -0.2) is 14.1 Å². The number of aromatic nitrogens is 3. The van der Waals surface area contributed by atoms with Crippen molar-refractivity contribution in [2.45, 2.75) is 12.1 Å². The van der Waals surface area contributed by atoms with Gasteiger partial charge in [-0.2, -0.15) is 0 Å². The Hall–Kier alpha value is -7.23. The third-order valence-corrected chi connectivity index (χ3v) is 12.0. The van der Waals surface area contributed by atoms with Crippen LogP contribution in [0.3, 0.4) is 0 Å². The predicted molar refractivity (Wildman–Crippen MR) is 234 cm³/mol. The molecule has 0 spiro atoms. The molecule has 2 aromatic heterocycles. The van der Waals surface area contributed by atoms with E-state index in [-0.39, 0.29) is 12.1 Å². The van der Waals surface area contributed by atoms with E-state index in [0.717, 1.165) is 28.5 Å². The number of imidazole rings is 1. The summed E-state index contributed by atoms with van der Waals surface area (Å²) in [6.07, 6.45) is 9.09. The lowest BCUT2D eigenvalue weighted by atomic mass is 9.84. The van der Waals surface area contributed by atoms with Crippen molar-refractivity contribution in [3.8, 4) is 56.3 Å². The molecule has 0 bridgehead atoms. The summed E-state index contributed by atoms with van der Waals surface area (Å²) in [4.78, 5) is 5.53. The van der Waals surface area contributed by atoms with Gasteiger partial charge in [-0.3, -0.25) is 0 Å². The van der Waals surface area contributed by atoms with E-state index >= 15 is 0 Å². The highest BCUT2D eigenvalue weighted by Gasteiger charge is 2.37. The van der Waals surface area contributed by atoms with Crippen molar-refractivity contribution in [3.63, 3.8) is 0 Å². The van der Waals surface area contributed by atoms with Gasteiger partial charge in [0, 0.05) is 22.0 Å². The Morgan fingerprint density at radius 1 is 0.411 bits per heavy atom. The van der Waals surface area contributed by atoms with E-state index in [2.05, 4.69) is 209 Å². The number of allylic oxidation sites excluding steroid dienone is 4. The zero-order valence-corrected chi connectivity index (χ0v) is 30.5. The van der Waals surface area contributed by atoms with Gasteiger partial charge >= 0.3 is 0 Å². The van der Waals surface area contributed by atoms with E-state index in [4.69, 9.17) is 4.98 Å². The lowest BCUT2D eigenvalue weighted by Crippen LogP contribution is -2.27. The molecule has 2 atom stereocenters. The van der Waals surface area contributed by atoms with Gasteiger partial charge in [0.25, 0.3) is 0 Å². The molecule has 0 saturated heterocycles. The van der Waals surface area contributed by atoms with Crippen LogP contribution in [0.15, 0.2) is 200 Å². The van der Waals surface area contributed by atoms with Crippen molar-refractivity contribution in [2.75, 3.05) is 0 Å². The molecule has 56 heavy (non-hydrogen) atoms. The summed E-state index contributed by atoms with van der Waals surface area (Å²) in [6, 6.07) is 64.4. The summed E-state index contributed by atoms with van der Waals surface area (Å²) < 4.78 is 5.01. The molecule has 0 saturated carbocycles. The maximum absolute atomic E-state index is 5.53. The minimum atomic E-state index is 0.0763. The molecule has 3 nitrogen and oxygen atoms in total. The van der Waals surface area contributed by atoms with Crippen LogP contribution in [0.2, 0.25) is 0 Å². The van der Waals surface area contributed by atoms with Gasteiger partial charge in [-0.25, -0.2) is 4.98 Å². The highest BCUT2D eigenvalue weighted by atomic mass is 15.2. The smallest absolute Gasteiger partial charge is 0.158 e. The van der Waals surface area contributed by atoms with Crippen molar-refractivity contribution < 1.29 is 0 Å². The van der Waals surface area contributed by atoms with Gasteiger partial charge in [0.05, 0.1) is 29.2 Å². The molecule has 2 aliphatic rings. The lowest BCUT2D eigenvalue weighted by Gasteiger charge is -2.35. The molecule has 3 heterocycles. The maximum atomic E-state index is 5.53. The molecule has 12 rings (SSSR count). The van der Waals surface area contributed by atoms with E-state index in [1.807, 2.05) is 0 Å². The fourth-order valence-corrected chi connectivity index (χ4v) is 9.69. The number of nitrogens with zero attached hydrogens (tertiary/aromatic N) is 3. The fourth-order valence-electron chi connectivity index (χ4n) is 9.69. The lowest BCUT2D eigenvalue weighted by molar-refractivity contribution is 0.436. The molecule has 0 amide bonds. The summed E-state index contributed by atoms with van der Waals surface area (Å²) in [5.74, 6) is 0.997. The van der Waals surface area contributed by atoms with Crippen LogP contribution in [0.4, 0.5) is 0 Å². The van der Waals surface area contributed by atoms with Crippen LogP contribution in [0, 0.1) is 0 Å². The summed E-state index contributed by atoms with van der Waals surface area (Å²) in [7, 11) is 0.